The van der Waals surface area contributed by atoms with Crippen molar-refractivity contribution >= 4 is 29.1 Å². The van der Waals surface area contributed by atoms with Gasteiger partial charge in [0.1, 0.15) is 11.5 Å². The Morgan fingerprint density at radius 3 is 2.52 bits per heavy atom. The first-order valence-electron chi connectivity index (χ1n) is 6.03. The van der Waals surface area contributed by atoms with Gasteiger partial charge >= 0.3 is 0 Å². The van der Waals surface area contributed by atoms with E-state index in [0.717, 1.165) is 0 Å². The van der Waals surface area contributed by atoms with E-state index in [2.05, 4.69) is 5.16 Å². The number of nitrogens with two attached hydrogens (primary N) is 1. The summed E-state index contributed by atoms with van der Waals surface area (Å²) in [5.74, 6) is -0.352. The standard InChI is InChI=1S/C15H9Cl2FN2O/c16-8-5-6-9(11(17)7-8)13-14(20-21-15(13)19)10-3-1-2-4-12(10)18/h1-7H,19H2. The molecule has 0 aliphatic rings. The van der Waals surface area contributed by atoms with E-state index in [1.165, 1.54) is 6.07 Å². The molecule has 0 aliphatic carbocycles. The van der Waals surface area contributed by atoms with Crippen LogP contribution in [-0.2, 0) is 0 Å². The lowest BCUT2D eigenvalue weighted by atomic mass is 10.0. The topological polar surface area (TPSA) is 52.0 Å². The quantitative estimate of drug-likeness (QED) is 0.719. The first-order valence-corrected chi connectivity index (χ1v) is 6.79. The molecule has 0 saturated carbocycles. The highest BCUT2D eigenvalue weighted by molar-refractivity contribution is 6.36. The molecule has 3 nitrogen and oxygen atoms in total. The van der Waals surface area contributed by atoms with Crippen molar-refractivity contribution in [1.29, 1.82) is 0 Å². The van der Waals surface area contributed by atoms with Gasteiger partial charge in [0.25, 0.3) is 0 Å². The van der Waals surface area contributed by atoms with Crippen molar-refractivity contribution in [2.24, 2.45) is 0 Å². The molecule has 0 bridgehead atoms. The van der Waals surface area contributed by atoms with Gasteiger partial charge in [0.15, 0.2) is 0 Å². The van der Waals surface area contributed by atoms with Gasteiger partial charge in [-0.15, -0.1) is 0 Å². The van der Waals surface area contributed by atoms with E-state index >= 15 is 0 Å². The van der Waals surface area contributed by atoms with Crippen molar-refractivity contribution in [2.75, 3.05) is 5.73 Å². The zero-order valence-electron chi connectivity index (χ0n) is 10.6. The first-order chi connectivity index (χ1) is 10.1. The summed E-state index contributed by atoms with van der Waals surface area (Å²) in [5.41, 5.74) is 7.44. The van der Waals surface area contributed by atoms with Crippen LogP contribution in [0.4, 0.5) is 10.3 Å². The van der Waals surface area contributed by atoms with Crippen LogP contribution in [0.3, 0.4) is 0 Å². The van der Waals surface area contributed by atoms with Crippen molar-refractivity contribution in [1.82, 2.24) is 5.16 Å². The normalized spacial score (nSPS) is 10.8. The lowest BCUT2D eigenvalue weighted by Gasteiger charge is -2.06. The predicted molar refractivity (Wildman–Crippen MR) is 81.8 cm³/mol. The Balaban J connectivity index is 2.25. The van der Waals surface area contributed by atoms with E-state index in [4.69, 9.17) is 33.5 Å². The molecule has 0 spiro atoms. The molecular weight excluding hydrogens is 314 g/mol. The van der Waals surface area contributed by atoms with Gasteiger partial charge in [-0.2, -0.15) is 0 Å². The third-order valence-corrected chi connectivity index (χ3v) is 3.60. The van der Waals surface area contributed by atoms with E-state index in [9.17, 15) is 4.39 Å². The van der Waals surface area contributed by atoms with Crippen LogP contribution in [-0.4, -0.2) is 5.16 Å². The summed E-state index contributed by atoms with van der Waals surface area (Å²) in [6.07, 6.45) is 0. The number of rotatable bonds is 2. The van der Waals surface area contributed by atoms with Crippen molar-refractivity contribution in [3.8, 4) is 22.4 Å². The number of halogens is 3. The Hall–Kier alpha value is -2.04. The second-order valence-corrected chi connectivity index (χ2v) is 5.22. The van der Waals surface area contributed by atoms with Gasteiger partial charge in [-0.25, -0.2) is 4.39 Å². The fraction of sp³-hybridized carbons (Fsp3) is 0. The van der Waals surface area contributed by atoms with E-state index in [1.807, 2.05) is 0 Å². The van der Waals surface area contributed by atoms with Crippen molar-refractivity contribution in [2.45, 2.75) is 0 Å². The number of aromatic nitrogens is 1. The third kappa shape index (κ3) is 2.48. The average molecular weight is 323 g/mol. The molecule has 106 valence electrons. The summed E-state index contributed by atoms with van der Waals surface area (Å²) < 4.78 is 19.0. The van der Waals surface area contributed by atoms with Crippen molar-refractivity contribution in [3.63, 3.8) is 0 Å². The molecule has 3 aromatic rings. The molecule has 21 heavy (non-hydrogen) atoms. The minimum Gasteiger partial charge on any atom is -0.367 e. The average Bonchev–Trinajstić information content (AvgIpc) is 2.81. The number of hydrogen-bond acceptors (Lipinski definition) is 3. The predicted octanol–water partition coefficient (Wildman–Crippen LogP) is 5.04. The maximum absolute atomic E-state index is 14.0. The van der Waals surface area contributed by atoms with Gasteiger partial charge in [0.05, 0.1) is 10.6 Å². The monoisotopic (exact) mass is 322 g/mol. The summed E-state index contributed by atoms with van der Waals surface area (Å²) in [5, 5.41) is 4.73. The molecule has 1 heterocycles. The molecule has 0 fully saturated rings. The fourth-order valence-electron chi connectivity index (χ4n) is 2.09. The van der Waals surface area contributed by atoms with Crippen LogP contribution in [0.1, 0.15) is 0 Å². The van der Waals surface area contributed by atoms with Gasteiger partial charge in [-0.05, 0) is 24.3 Å². The van der Waals surface area contributed by atoms with Gasteiger partial charge in [0, 0.05) is 16.1 Å². The highest BCUT2D eigenvalue weighted by Gasteiger charge is 2.21. The SMILES string of the molecule is Nc1onc(-c2ccccc2F)c1-c1ccc(Cl)cc1Cl. The highest BCUT2D eigenvalue weighted by Crippen LogP contribution is 2.40. The molecule has 6 heteroatoms. The Labute approximate surface area is 130 Å². The van der Waals surface area contributed by atoms with Crippen molar-refractivity contribution in [3.05, 3.63) is 58.3 Å². The summed E-state index contributed by atoms with van der Waals surface area (Å²) in [6.45, 7) is 0. The van der Waals surface area contributed by atoms with Gasteiger partial charge in [0.2, 0.25) is 5.88 Å². The smallest absolute Gasteiger partial charge is 0.230 e. The van der Waals surface area contributed by atoms with E-state index in [1.54, 1.807) is 36.4 Å². The fourth-order valence-corrected chi connectivity index (χ4v) is 2.60. The Kier molecular flexibility index (Phi) is 3.57. The number of anilines is 1. The number of nitrogens with zero attached hydrogens (tertiary/aromatic N) is 1. The van der Waals surface area contributed by atoms with Crippen LogP contribution < -0.4 is 5.73 Å². The third-order valence-electron chi connectivity index (χ3n) is 3.05. The Morgan fingerprint density at radius 2 is 1.81 bits per heavy atom. The largest absolute Gasteiger partial charge is 0.367 e. The molecule has 0 atom stereocenters. The number of nitrogen functional groups attached to an aromatic ring is 1. The lowest BCUT2D eigenvalue weighted by molar-refractivity contribution is 0.439. The van der Waals surface area contributed by atoms with Crippen LogP contribution in [0.5, 0.6) is 0 Å². The maximum atomic E-state index is 14.0. The summed E-state index contributed by atoms with van der Waals surface area (Å²) >= 11 is 12.1. The zero-order chi connectivity index (χ0) is 15.0. The number of benzene rings is 2. The van der Waals surface area contributed by atoms with Gasteiger partial charge in [-0.1, -0.05) is 46.6 Å². The molecule has 0 unspecified atom stereocenters. The van der Waals surface area contributed by atoms with Gasteiger partial charge < -0.3 is 10.3 Å². The molecule has 2 N–H and O–H groups in total. The minimum atomic E-state index is -0.419. The van der Waals surface area contributed by atoms with Crippen LogP contribution in [0.15, 0.2) is 47.0 Å². The van der Waals surface area contributed by atoms with E-state index in [-0.39, 0.29) is 5.88 Å². The van der Waals surface area contributed by atoms with Crippen LogP contribution in [0.25, 0.3) is 22.4 Å². The van der Waals surface area contributed by atoms with Gasteiger partial charge in [-0.3, -0.25) is 0 Å². The first kappa shape index (κ1) is 13.9. The highest BCUT2D eigenvalue weighted by atomic mass is 35.5. The van der Waals surface area contributed by atoms with E-state index in [0.29, 0.717) is 32.4 Å². The molecule has 2 aromatic carbocycles. The Bertz CT molecular complexity index is 817. The molecular formula is C15H9Cl2FN2O. The number of hydrogen-bond donors (Lipinski definition) is 1. The van der Waals surface area contributed by atoms with Crippen LogP contribution >= 0.6 is 23.2 Å². The zero-order valence-corrected chi connectivity index (χ0v) is 12.1. The second kappa shape index (κ2) is 5.39. The Morgan fingerprint density at radius 1 is 1.05 bits per heavy atom. The summed E-state index contributed by atoms with van der Waals surface area (Å²) in [7, 11) is 0. The second-order valence-electron chi connectivity index (χ2n) is 4.37. The minimum absolute atomic E-state index is 0.0671. The van der Waals surface area contributed by atoms with Crippen LogP contribution in [0, 0.1) is 5.82 Å². The molecule has 0 radical (unpaired) electrons. The maximum Gasteiger partial charge on any atom is 0.230 e. The molecule has 0 aliphatic heterocycles. The summed E-state index contributed by atoms with van der Waals surface area (Å²) in [6, 6.07) is 11.2. The summed E-state index contributed by atoms with van der Waals surface area (Å²) in [4.78, 5) is 0. The van der Waals surface area contributed by atoms with E-state index < -0.39 is 5.82 Å². The molecule has 3 rings (SSSR count). The molecule has 1 aromatic heterocycles. The lowest BCUT2D eigenvalue weighted by Crippen LogP contribution is -1.90. The van der Waals surface area contributed by atoms with Crippen molar-refractivity contribution < 1.29 is 8.91 Å². The molecule has 0 amide bonds. The molecule has 0 saturated heterocycles. The van der Waals surface area contributed by atoms with Crippen LogP contribution in [0.2, 0.25) is 10.0 Å².